The summed E-state index contributed by atoms with van der Waals surface area (Å²) >= 11 is 5.83. The highest BCUT2D eigenvalue weighted by Crippen LogP contribution is 2.24. The maximum absolute atomic E-state index is 11.9. The molecule has 1 atom stereocenters. The molecule has 0 saturated carbocycles. The predicted octanol–water partition coefficient (Wildman–Crippen LogP) is 3.65. The lowest BCUT2D eigenvalue weighted by molar-refractivity contribution is -0.384. The van der Waals surface area contributed by atoms with Crippen molar-refractivity contribution >= 4 is 29.1 Å². The lowest BCUT2D eigenvalue weighted by Crippen LogP contribution is -2.26. The van der Waals surface area contributed by atoms with Crippen LogP contribution in [0.1, 0.15) is 0 Å². The number of carbonyl (C=O) groups excluding carboxylic acids is 1. The fraction of sp³-hybridized carbons (Fsp3) is 0.188. The Labute approximate surface area is 142 Å². The first kappa shape index (κ1) is 16.1. The first-order chi connectivity index (χ1) is 11.5. The van der Waals surface area contributed by atoms with Crippen molar-refractivity contribution in [1.82, 2.24) is 0 Å². The summed E-state index contributed by atoms with van der Waals surface area (Å²) in [7, 11) is 0. The van der Waals surface area contributed by atoms with E-state index in [1.807, 2.05) is 0 Å². The third kappa shape index (κ3) is 3.57. The molecule has 0 radical (unpaired) electrons. The third-order valence-corrected chi connectivity index (χ3v) is 3.75. The molecule has 1 amide bonds. The van der Waals surface area contributed by atoms with Gasteiger partial charge in [-0.15, -0.1) is 0 Å². The minimum absolute atomic E-state index is 0.0106. The molecule has 1 unspecified atom stereocenters. The molecule has 1 aliphatic rings. The van der Waals surface area contributed by atoms with Crippen LogP contribution < -0.4 is 9.64 Å². The van der Waals surface area contributed by atoms with Crippen molar-refractivity contribution in [2.45, 2.75) is 6.10 Å². The molecule has 1 fully saturated rings. The van der Waals surface area contributed by atoms with E-state index in [2.05, 4.69) is 0 Å². The number of carbonyl (C=O) groups is 1. The molecule has 0 aliphatic carbocycles. The first-order valence-electron chi connectivity index (χ1n) is 7.14. The molecule has 0 N–H and O–H groups in total. The van der Waals surface area contributed by atoms with Crippen molar-refractivity contribution in [3.8, 4) is 5.75 Å². The zero-order valence-corrected chi connectivity index (χ0v) is 13.2. The maximum atomic E-state index is 11.9. The molecule has 7 nitrogen and oxygen atoms in total. The number of ether oxygens (including phenoxy) is 2. The number of nitro groups is 1. The van der Waals surface area contributed by atoms with Crippen LogP contribution >= 0.6 is 11.6 Å². The second-order valence-electron chi connectivity index (χ2n) is 5.15. The van der Waals surface area contributed by atoms with Crippen LogP contribution in [0.15, 0.2) is 48.5 Å². The predicted molar refractivity (Wildman–Crippen MR) is 87.7 cm³/mol. The van der Waals surface area contributed by atoms with Crippen molar-refractivity contribution in [3.63, 3.8) is 0 Å². The van der Waals surface area contributed by atoms with E-state index in [9.17, 15) is 14.9 Å². The lowest BCUT2D eigenvalue weighted by Gasteiger charge is -2.13. The Balaban J connectivity index is 1.58. The topological polar surface area (TPSA) is 81.9 Å². The van der Waals surface area contributed by atoms with Gasteiger partial charge in [-0.25, -0.2) is 4.79 Å². The van der Waals surface area contributed by atoms with Gasteiger partial charge < -0.3 is 9.47 Å². The quantitative estimate of drug-likeness (QED) is 0.608. The number of halogens is 1. The number of benzene rings is 2. The Morgan fingerprint density at radius 1 is 1.21 bits per heavy atom. The average molecular weight is 349 g/mol. The zero-order chi connectivity index (χ0) is 17.1. The normalized spacial score (nSPS) is 16.8. The Morgan fingerprint density at radius 3 is 2.50 bits per heavy atom. The van der Waals surface area contributed by atoms with Crippen LogP contribution in [-0.4, -0.2) is 30.3 Å². The number of non-ortho nitro benzene ring substituents is 1. The Kier molecular flexibility index (Phi) is 4.52. The number of cyclic esters (lactones) is 1. The van der Waals surface area contributed by atoms with Crippen molar-refractivity contribution < 1.29 is 19.2 Å². The van der Waals surface area contributed by atoms with Gasteiger partial charge in [0.2, 0.25) is 0 Å². The molecule has 0 spiro atoms. The summed E-state index contributed by atoms with van der Waals surface area (Å²) in [5.41, 5.74) is 0.686. The van der Waals surface area contributed by atoms with E-state index in [-0.39, 0.29) is 12.3 Å². The maximum Gasteiger partial charge on any atom is 0.414 e. The number of hydrogen-bond acceptors (Lipinski definition) is 5. The van der Waals surface area contributed by atoms with E-state index in [1.54, 1.807) is 24.3 Å². The minimum atomic E-state index is -0.480. The Bertz CT molecular complexity index is 748. The standard InChI is InChI=1S/C16H13ClN2O5/c17-11-1-3-12(4-2-11)18-9-15(24-16(18)20)10-23-14-7-5-13(6-8-14)19(21)22/h1-8,15H,9-10H2. The van der Waals surface area contributed by atoms with Gasteiger partial charge in [0.25, 0.3) is 5.69 Å². The molecule has 8 heteroatoms. The number of anilines is 1. The van der Waals surface area contributed by atoms with Crippen LogP contribution in [0.4, 0.5) is 16.2 Å². The summed E-state index contributed by atoms with van der Waals surface area (Å²) in [6, 6.07) is 12.6. The Morgan fingerprint density at radius 2 is 1.88 bits per heavy atom. The van der Waals surface area contributed by atoms with Crippen molar-refractivity contribution in [1.29, 1.82) is 0 Å². The molecule has 0 aromatic heterocycles. The average Bonchev–Trinajstić information content (AvgIpc) is 2.95. The second kappa shape index (κ2) is 6.76. The van der Waals surface area contributed by atoms with Crippen LogP contribution in [0.3, 0.4) is 0 Å². The van der Waals surface area contributed by atoms with E-state index in [0.29, 0.717) is 23.0 Å². The summed E-state index contributed by atoms with van der Waals surface area (Å²) in [5, 5.41) is 11.2. The minimum Gasteiger partial charge on any atom is -0.490 e. The molecule has 2 aromatic carbocycles. The highest BCUT2D eigenvalue weighted by atomic mass is 35.5. The van der Waals surface area contributed by atoms with Crippen LogP contribution in [0, 0.1) is 10.1 Å². The van der Waals surface area contributed by atoms with Crippen LogP contribution in [0.5, 0.6) is 5.75 Å². The summed E-state index contributed by atoms with van der Waals surface area (Å²) in [6.07, 6.45) is -0.877. The molecular formula is C16H13ClN2O5. The molecule has 0 bridgehead atoms. The van der Waals surface area contributed by atoms with Gasteiger partial charge in [0.05, 0.1) is 11.5 Å². The second-order valence-corrected chi connectivity index (χ2v) is 5.59. The molecule has 1 aliphatic heterocycles. The molecular weight excluding hydrogens is 336 g/mol. The summed E-state index contributed by atoms with van der Waals surface area (Å²) in [6.45, 7) is 0.515. The van der Waals surface area contributed by atoms with E-state index in [4.69, 9.17) is 21.1 Å². The fourth-order valence-electron chi connectivity index (χ4n) is 2.29. The van der Waals surface area contributed by atoms with Gasteiger partial charge in [-0.05, 0) is 36.4 Å². The fourth-order valence-corrected chi connectivity index (χ4v) is 2.42. The van der Waals surface area contributed by atoms with Gasteiger partial charge in [0.15, 0.2) is 6.10 Å². The van der Waals surface area contributed by atoms with Gasteiger partial charge in [0, 0.05) is 22.8 Å². The van der Waals surface area contributed by atoms with E-state index in [1.165, 1.54) is 29.2 Å². The lowest BCUT2D eigenvalue weighted by atomic mass is 10.3. The van der Waals surface area contributed by atoms with Crippen LogP contribution in [0.2, 0.25) is 5.02 Å². The summed E-state index contributed by atoms with van der Waals surface area (Å²) in [4.78, 5) is 23.6. The van der Waals surface area contributed by atoms with Gasteiger partial charge in [-0.2, -0.15) is 0 Å². The van der Waals surface area contributed by atoms with Gasteiger partial charge in [-0.3, -0.25) is 15.0 Å². The van der Waals surface area contributed by atoms with E-state index >= 15 is 0 Å². The number of amides is 1. The SMILES string of the molecule is O=C1OC(COc2ccc([N+](=O)[O-])cc2)CN1c1ccc(Cl)cc1. The highest BCUT2D eigenvalue weighted by Gasteiger charge is 2.32. The summed E-state index contributed by atoms with van der Waals surface area (Å²) in [5.74, 6) is 0.474. The molecule has 124 valence electrons. The molecule has 2 aromatic rings. The highest BCUT2D eigenvalue weighted by molar-refractivity contribution is 6.30. The van der Waals surface area contributed by atoms with Crippen LogP contribution in [-0.2, 0) is 4.74 Å². The monoisotopic (exact) mass is 348 g/mol. The van der Waals surface area contributed by atoms with Gasteiger partial charge >= 0.3 is 6.09 Å². The molecule has 1 heterocycles. The van der Waals surface area contributed by atoms with Gasteiger partial charge in [0.1, 0.15) is 12.4 Å². The smallest absolute Gasteiger partial charge is 0.414 e. The number of nitrogens with zero attached hydrogens (tertiary/aromatic N) is 2. The van der Waals surface area contributed by atoms with Crippen molar-refractivity contribution in [2.75, 3.05) is 18.1 Å². The number of nitro benzene ring substituents is 1. The zero-order valence-electron chi connectivity index (χ0n) is 12.4. The molecule has 3 rings (SSSR count). The Hall–Kier alpha value is -2.80. The van der Waals surface area contributed by atoms with E-state index in [0.717, 1.165) is 0 Å². The number of hydrogen-bond donors (Lipinski definition) is 0. The van der Waals surface area contributed by atoms with Crippen molar-refractivity contribution in [3.05, 3.63) is 63.7 Å². The van der Waals surface area contributed by atoms with Crippen molar-refractivity contribution in [2.24, 2.45) is 0 Å². The van der Waals surface area contributed by atoms with E-state index < -0.39 is 17.1 Å². The third-order valence-electron chi connectivity index (χ3n) is 3.50. The van der Waals surface area contributed by atoms with Gasteiger partial charge in [-0.1, -0.05) is 11.6 Å². The first-order valence-corrected chi connectivity index (χ1v) is 7.52. The largest absolute Gasteiger partial charge is 0.490 e. The summed E-state index contributed by atoms with van der Waals surface area (Å²) < 4.78 is 10.8. The molecule has 24 heavy (non-hydrogen) atoms. The van der Waals surface area contributed by atoms with Crippen LogP contribution in [0.25, 0.3) is 0 Å². The number of rotatable bonds is 5. The molecule has 1 saturated heterocycles.